The first-order chi connectivity index (χ1) is 18.3. The quantitative estimate of drug-likeness (QED) is 0.358. The van der Waals surface area contributed by atoms with Gasteiger partial charge in [-0.15, -0.1) is 0 Å². The number of piperidine rings is 2. The summed E-state index contributed by atoms with van der Waals surface area (Å²) in [5.41, 5.74) is 6.72. The van der Waals surface area contributed by atoms with Crippen LogP contribution < -0.4 is 4.90 Å². The third kappa shape index (κ3) is 4.33. The van der Waals surface area contributed by atoms with E-state index in [1.54, 1.807) is 0 Å². The van der Waals surface area contributed by atoms with Crippen molar-refractivity contribution in [2.45, 2.75) is 45.1 Å². The largest absolute Gasteiger partial charge is 0.355 e. The van der Waals surface area contributed by atoms with Gasteiger partial charge in [0, 0.05) is 55.5 Å². The molecule has 7 heterocycles. The first-order valence-electron chi connectivity index (χ1n) is 13.4. The predicted octanol–water partition coefficient (Wildman–Crippen LogP) is 4.93. The number of H-pyrrole nitrogens is 2. The standard InChI is InChI=1S/C28H31N9/c1-3-9-36(10-4-1)18-19-13-20(16-29-15-19)21-14-22-24(34-35-26(22)31-17-21)27-32-23-7-8-30-28(25(23)33-27)37-11-5-2-6-12-37/h7-8,13-17H,1-6,9-12,18H2,(H,32,33)(H,31,34,35). The maximum absolute atomic E-state index is 4.99. The number of hydrogen-bond donors (Lipinski definition) is 2. The molecule has 2 aliphatic heterocycles. The molecule has 2 saturated heterocycles. The van der Waals surface area contributed by atoms with Gasteiger partial charge in [0.05, 0.1) is 10.9 Å². The number of pyridine rings is 3. The minimum atomic E-state index is 0.672. The number of hydrogen-bond acceptors (Lipinski definition) is 7. The second-order valence-electron chi connectivity index (χ2n) is 10.3. The molecule has 9 heteroatoms. The molecule has 9 nitrogen and oxygen atoms in total. The second kappa shape index (κ2) is 9.55. The Morgan fingerprint density at radius 1 is 0.838 bits per heavy atom. The SMILES string of the molecule is c1cc2[nH]c(-c3[nH]nc4ncc(-c5cncc(CN6CCCCC6)c5)cc34)nc2c(N2CCCCC2)n1. The zero-order valence-corrected chi connectivity index (χ0v) is 21.0. The number of anilines is 1. The number of nitrogens with zero attached hydrogens (tertiary/aromatic N) is 7. The van der Waals surface area contributed by atoms with Gasteiger partial charge in [-0.25, -0.2) is 15.0 Å². The number of aromatic amines is 2. The van der Waals surface area contributed by atoms with Crippen LogP contribution in [-0.2, 0) is 6.54 Å². The van der Waals surface area contributed by atoms with Crippen molar-refractivity contribution in [2.24, 2.45) is 0 Å². The summed E-state index contributed by atoms with van der Waals surface area (Å²) in [5.74, 6) is 1.71. The van der Waals surface area contributed by atoms with Crippen molar-refractivity contribution in [3.05, 3.63) is 48.5 Å². The lowest BCUT2D eigenvalue weighted by Crippen LogP contribution is -2.30. The third-order valence-electron chi connectivity index (χ3n) is 7.67. The summed E-state index contributed by atoms with van der Waals surface area (Å²) in [5, 5.41) is 8.57. The minimum Gasteiger partial charge on any atom is -0.355 e. The molecule has 2 N–H and O–H groups in total. The van der Waals surface area contributed by atoms with Crippen molar-refractivity contribution in [3.63, 3.8) is 0 Å². The molecular formula is C28H31N9. The highest BCUT2D eigenvalue weighted by Crippen LogP contribution is 2.32. The van der Waals surface area contributed by atoms with Gasteiger partial charge in [0.15, 0.2) is 17.3 Å². The van der Waals surface area contributed by atoms with Crippen molar-refractivity contribution in [2.75, 3.05) is 31.1 Å². The second-order valence-corrected chi connectivity index (χ2v) is 10.3. The molecule has 37 heavy (non-hydrogen) atoms. The van der Waals surface area contributed by atoms with Crippen molar-refractivity contribution < 1.29 is 0 Å². The summed E-state index contributed by atoms with van der Waals surface area (Å²) < 4.78 is 0. The van der Waals surface area contributed by atoms with Crippen LogP contribution in [0.15, 0.2) is 43.0 Å². The molecule has 0 bridgehead atoms. The Morgan fingerprint density at radius 3 is 2.51 bits per heavy atom. The Kier molecular flexibility index (Phi) is 5.77. The molecule has 0 atom stereocenters. The van der Waals surface area contributed by atoms with Gasteiger partial charge in [-0.3, -0.25) is 15.0 Å². The van der Waals surface area contributed by atoms with Crippen LogP contribution in [0.5, 0.6) is 0 Å². The normalized spacial score (nSPS) is 17.1. The molecule has 188 valence electrons. The van der Waals surface area contributed by atoms with Crippen molar-refractivity contribution in [1.29, 1.82) is 0 Å². The van der Waals surface area contributed by atoms with Gasteiger partial charge < -0.3 is 9.88 Å². The van der Waals surface area contributed by atoms with Crippen LogP contribution >= 0.6 is 0 Å². The number of rotatable bonds is 5. The van der Waals surface area contributed by atoms with E-state index in [4.69, 9.17) is 4.98 Å². The Labute approximate surface area is 215 Å². The summed E-state index contributed by atoms with van der Waals surface area (Å²) in [4.78, 5) is 27.2. The van der Waals surface area contributed by atoms with Crippen molar-refractivity contribution in [1.82, 2.24) is 40.0 Å². The van der Waals surface area contributed by atoms with E-state index in [1.807, 2.05) is 30.9 Å². The zero-order valence-electron chi connectivity index (χ0n) is 21.0. The summed E-state index contributed by atoms with van der Waals surface area (Å²) in [6, 6.07) is 6.36. The fourth-order valence-electron chi connectivity index (χ4n) is 5.72. The average Bonchev–Trinajstić information content (AvgIpc) is 3.58. The van der Waals surface area contributed by atoms with Gasteiger partial charge >= 0.3 is 0 Å². The summed E-state index contributed by atoms with van der Waals surface area (Å²) in [6.07, 6.45) is 15.2. The Hall–Kier alpha value is -3.85. The fourth-order valence-corrected chi connectivity index (χ4v) is 5.72. The number of likely N-dealkylation sites (tertiary alicyclic amines) is 1. The molecule has 0 aromatic carbocycles. The zero-order chi connectivity index (χ0) is 24.6. The Balaban J connectivity index is 1.23. The van der Waals surface area contributed by atoms with E-state index in [0.29, 0.717) is 5.65 Å². The molecular weight excluding hydrogens is 462 g/mol. The summed E-state index contributed by atoms with van der Waals surface area (Å²) in [6.45, 7) is 5.34. The lowest BCUT2D eigenvalue weighted by atomic mass is 10.1. The van der Waals surface area contributed by atoms with Crippen LogP contribution in [-0.4, -0.2) is 66.2 Å². The Bertz CT molecular complexity index is 1540. The fraction of sp³-hybridized carbons (Fsp3) is 0.393. The van der Waals surface area contributed by atoms with Crippen LogP contribution in [0.1, 0.15) is 44.1 Å². The maximum Gasteiger partial charge on any atom is 0.181 e. The van der Waals surface area contributed by atoms with Crippen LogP contribution in [0.3, 0.4) is 0 Å². The van der Waals surface area contributed by atoms with E-state index in [-0.39, 0.29) is 0 Å². The highest BCUT2D eigenvalue weighted by Gasteiger charge is 2.20. The van der Waals surface area contributed by atoms with Crippen LogP contribution in [0, 0.1) is 0 Å². The smallest absolute Gasteiger partial charge is 0.181 e. The van der Waals surface area contributed by atoms with E-state index >= 15 is 0 Å². The number of nitrogens with one attached hydrogen (secondary N) is 2. The highest BCUT2D eigenvalue weighted by atomic mass is 15.2. The topological polar surface area (TPSA) is 103 Å². The molecule has 0 aliphatic carbocycles. The highest BCUT2D eigenvalue weighted by molar-refractivity contribution is 5.95. The molecule has 5 aromatic heterocycles. The van der Waals surface area contributed by atoms with E-state index in [0.717, 1.165) is 64.5 Å². The lowest BCUT2D eigenvalue weighted by Gasteiger charge is -2.27. The molecule has 0 amide bonds. The molecule has 2 aliphatic rings. The lowest BCUT2D eigenvalue weighted by molar-refractivity contribution is 0.220. The molecule has 5 aromatic rings. The maximum atomic E-state index is 4.99. The minimum absolute atomic E-state index is 0.672. The van der Waals surface area contributed by atoms with E-state index < -0.39 is 0 Å². The van der Waals surface area contributed by atoms with E-state index in [2.05, 4.69) is 52.1 Å². The van der Waals surface area contributed by atoms with Crippen LogP contribution in [0.4, 0.5) is 5.82 Å². The molecule has 0 saturated carbocycles. The van der Waals surface area contributed by atoms with Gasteiger partial charge in [-0.05, 0) is 69.0 Å². The van der Waals surface area contributed by atoms with Crippen molar-refractivity contribution >= 4 is 27.9 Å². The molecule has 7 rings (SSSR count). The number of aromatic nitrogens is 7. The van der Waals surface area contributed by atoms with Crippen molar-refractivity contribution in [3.8, 4) is 22.6 Å². The van der Waals surface area contributed by atoms with Gasteiger partial charge in [0.25, 0.3) is 0 Å². The van der Waals surface area contributed by atoms with Gasteiger partial charge in [0.1, 0.15) is 11.2 Å². The molecule has 0 radical (unpaired) electrons. The van der Waals surface area contributed by atoms with Gasteiger partial charge in [0.2, 0.25) is 0 Å². The average molecular weight is 494 g/mol. The molecule has 0 spiro atoms. The van der Waals surface area contributed by atoms with E-state index in [9.17, 15) is 0 Å². The molecule has 0 unspecified atom stereocenters. The number of imidazole rings is 1. The molecule has 2 fully saturated rings. The summed E-state index contributed by atoms with van der Waals surface area (Å²) in [7, 11) is 0. The predicted molar refractivity (Wildman–Crippen MR) is 145 cm³/mol. The van der Waals surface area contributed by atoms with Gasteiger partial charge in [-0.1, -0.05) is 6.42 Å². The van der Waals surface area contributed by atoms with Crippen LogP contribution in [0.25, 0.3) is 44.7 Å². The monoisotopic (exact) mass is 493 g/mol. The third-order valence-corrected chi connectivity index (χ3v) is 7.67. The van der Waals surface area contributed by atoms with Crippen LogP contribution in [0.2, 0.25) is 0 Å². The number of fused-ring (bicyclic) bond motifs is 2. The first-order valence-corrected chi connectivity index (χ1v) is 13.4. The first kappa shape index (κ1) is 22.4. The Morgan fingerprint density at radius 2 is 1.65 bits per heavy atom. The summed E-state index contributed by atoms with van der Waals surface area (Å²) >= 11 is 0. The van der Waals surface area contributed by atoms with Gasteiger partial charge in [-0.2, -0.15) is 5.10 Å². The van der Waals surface area contributed by atoms with E-state index in [1.165, 1.54) is 57.2 Å².